The second-order valence-corrected chi connectivity index (χ2v) is 4.85. The zero-order valence-corrected chi connectivity index (χ0v) is 11.0. The van der Waals surface area contributed by atoms with Crippen LogP contribution in [0, 0.1) is 6.92 Å². The fraction of sp³-hybridized carbons (Fsp3) is 0.429. The number of hydrogen-bond acceptors (Lipinski definition) is 5. The molecule has 1 aliphatic rings. The summed E-state index contributed by atoms with van der Waals surface area (Å²) in [6.07, 6.45) is 10.5. The number of rotatable bonds is 2. The van der Waals surface area contributed by atoms with Crippen molar-refractivity contribution in [1.82, 2.24) is 19.9 Å². The number of anilines is 1. The highest BCUT2D eigenvalue weighted by atomic mass is 15.2. The van der Waals surface area contributed by atoms with Gasteiger partial charge in [0.1, 0.15) is 12.1 Å². The van der Waals surface area contributed by atoms with Crippen molar-refractivity contribution in [3.05, 3.63) is 42.4 Å². The highest BCUT2D eigenvalue weighted by Crippen LogP contribution is 2.32. The second-order valence-electron chi connectivity index (χ2n) is 4.85. The summed E-state index contributed by atoms with van der Waals surface area (Å²) in [5.74, 6) is 0.989. The molecule has 0 amide bonds. The van der Waals surface area contributed by atoms with Crippen LogP contribution in [0.1, 0.15) is 36.7 Å². The van der Waals surface area contributed by atoms with Crippen LogP contribution in [-0.2, 0) is 0 Å². The Morgan fingerprint density at radius 3 is 2.89 bits per heavy atom. The minimum absolute atomic E-state index is 0.275. The first-order chi connectivity index (χ1) is 9.34. The molecular formula is C14H17N5. The summed E-state index contributed by atoms with van der Waals surface area (Å²) in [5, 5.41) is 0. The number of aryl methyl sites for hydroxylation is 1. The summed E-state index contributed by atoms with van der Waals surface area (Å²) in [6.45, 7) is 3.00. The maximum absolute atomic E-state index is 4.45. The molecule has 5 nitrogen and oxygen atoms in total. The van der Waals surface area contributed by atoms with Crippen molar-refractivity contribution >= 4 is 5.82 Å². The predicted molar refractivity (Wildman–Crippen MR) is 72.7 cm³/mol. The summed E-state index contributed by atoms with van der Waals surface area (Å²) in [4.78, 5) is 19.5. The third-order valence-electron chi connectivity index (χ3n) is 3.51. The van der Waals surface area contributed by atoms with Gasteiger partial charge in [-0.05, 0) is 26.2 Å². The van der Waals surface area contributed by atoms with Crippen LogP contribution in [0.25, 0.3) is 0 Å². The number of piperidine rings is 1. The van der Waals surface area contributed by atoms with E-state index in [-0.39, 0.29) is 6.04 Å². The SMILES string of the molecule is Cc1cc(N2CCCC[C@@H]2c2cnccn2)ncn1. The van der Waals surface area contributed by atoms with E-state index in [1.54, 1.807) is 18.7 Å². The van der Waals surface area contributed by atoms with E-state index in [4.69, 9.17) is 0 Å². The van der Waals surface area contributed by atoms with Crippen LogP contribution in [0.3, 0.4) is 0 Å². The largest absolute Gasteiger partial charge is 0.348 e. The van der Waals surface area contributed by atoms with Gasteiger partial charge in [-0.3, -0.25) is 9.97 Å². The molecule has 0 unspecified atom stereocenters. The normalized spacial score (nSPS) is 19.4. The fourth-order valence-electron chi connectivity index (χ4n) is 2.59. The van der Waals surface area contributed by atoms with Crippen LogP contribution in [0.15, 0.2) is 31.0 Å². The molecule has 2 aromatic rings. The van der Waals surface area contributed by atoms with Gasteiger partial charge in [0.15, 0.2) is 0 Å². The Labute approximate surface area is 112 Å². The summed E-state index contributed by atoms with van der Waals surface area (Å²) >= 11 is 0. The van der Waals surface area contributed by atoms with Crippen molar-refractivity contribution in [1.29, 1.82) is 0 Å². The van der Waals surface area contributed by atoms with Gasteiger partial charge in [0, 0.05) is 30.7 Å². The van der Waals surface area contributed by atoms with E-state index in [2.05, 4.69) is 24.8 Å². The van der Waals surface area contributed by atoms with Gasteiger partial charge in [-0.2, -0.15) is 0 Å². The molecule has 0 saturated carbocycles. The Balaban J connectivity index is 1.93. The molecule has 0 aromatic carbocycles. The highest BCUT2D eigenvalue weighted by Gasteiger charge is 2.26. The van der Waals surface area contributed by atoms with Crippen molar-refractivity contribution in [3.63, 3.8) is 0 Å². The van der Waals surface area contributed by atoms with Crippen molar-refractivity contribution in [3.8, 4) is 0 Å². The smallest absolute Gasteiger partial charge is 0.132 e. The molecule has 0 N–H and O–H groups in total. The Morgan fingerprint density at radius 2 is 2.11 bits per heavy atom. The molecule has 1 atom stereocenters. The van der Waals surface area contributed by atoms with Crippen molar-refractivity contribution in [2.45, 2.75) is 32.2 Å². The highest BCUT2D eigenvalue weighted by molar-refractivity contribution is 5.42. The van der Waals surface area contributed by atoms with E-state index in [1.165, 1.54) is 12.8 Å². The number of aromatic nitrogens is 4. The van der Waals surface area contributed by atoms with E-state index in [1.807, 2.05) is 19.2 Å². The van der Waals surface area contributed by atoms with Crippen LogP contribution in [0.2, 0.25) is 0 Å². The maximum Gasteiger partial charge on any atom is 0.132 e. The average Bonchev–Trinajstić information content (AvgIpc) is 2.48. The van der Waals surface area contributed by atoms with E-state index >= 15 is 0 Å². The van der Waals surface area contributed by atoms with Gasteiger partial charge in [-0.15, -0.1) is 0 Å². The standard InChI is InChI=1S/C14H17N5/c1-11-8-14(18-10-17-11)19-7-3-2-4-13(19)12-9-15-5-6-16-12/h5-6,8-10,13H,2-4,7H2,1H3/t13-/m1/s1. The third kappa shape index (κ3) is 2.54. The van der Waals surface area contributed by atoms with E-state index < -0.39 is 0 Å². The molecule has 19 heavy (non-hydrogen) atoms. The van der Waals surface area contributed by atoms with Gasteiger partial charge in [0.05, 0.1) is 17.9 Å². The lowest BCUT2D eigenvalue weighted by Gasteiger charge is -2.36. The summed E-state index contributed by atoms with van der Waals surface area (Å²) in [7, 11) is 0. The Morgan fingerprint density at radius 1 is 1.16 bits per heavy atom. The van der Waals surface area contributed by atoms with E-state index in [0.717, 1.165) is 30.2 Å². The van der Waals surface area contributed by atoms with Crippen LogP contribution in [-0.4, -0.2) is 26.5 Å². The van der Waals surface area contributed by atoms with Gasteiger partial charge < -0.3 is 4.90 Å². The van der Waals surface area contributed by atoms with Gasteiger partial charge in [0.25, 0.3) is 0 Å². The van der Waals surface area contributed by atoms with Gasteiger partial charge in [0.2, 0.25) is 0 Å². The van der Waals surface area contributed by atoms with E-state index in [9.17, 15) is 0 Å². The van der Waals surface area contributed by atoms with E-state index in [0.29, 0.717) is 0 Å². The zero-order valence-electron chi connectivity index (χ0n) is 11.0. The minimum atomic E-state index is 0.275. The first-order valence-electron chi connectivity index (χ1n) is 6.66. The van der Waals surface area contributed by atoms with Gasteiger partial charge in [-0.25, -0.2) is 9.97 Å². The predicted octanol–water partition coefficient (Wildman–Crippen LogP) is 2.31. The zero-order chi connectivity index (χ0) is 13.1. The lowest BCUT2D eigenvalue weighted by Crippen LogP contribution is -2.34. The summed E-state index contributed by atoms with van der Waals surface area (Å²) < 4.78 is 0. The molecule has 5 heteroatoms. The molecular weight excluding hydrogens is 238 g/mol. The Hall–Kier alpha value is -2.04. The molecule has 1 aliphatic heterocycles. The first kappa shape index (κ1) is 12.0. The lowest BCUT2D eigenvalue weighted by molar-refractivity contribution is 0.460. The molecule has 1 fully saturated rings. The quantitative estimate of drug-likeness (QED) is 0.824. The summed E-state index contributed by atoms with van der Waals surface area (Å²) in [6, 6.07) is 2.31. The first-order valence-corrected chi connectivity index (χ1v) is 6.66. The van der Waals surface area contributed by atoms with Crippen molar-refractivity contribution in [2.75, 3.05) is 11.4 Å². The Kier molecular flexibility index (Phi) is 3.35. The maximum atomic E-state index is 4.45. The molecule has 2 aromatic heterocycles. The molecule has 0 spiro atoms. The van der Waals surface area contributed by atoms with Crippen molar-refractivity contribution in [2.24, 2.45) is 0 Å². The molecule has 0 radical (unpaired) electrons. The minimum Gasteiger partial charge on any atom is -0.348 e. The number of nitrogens with zero attached hydrogens (tertiary/aromatic N) is 5. The van der Waals surface area contributed by atoms with Gasteiger partial charge >= 0.3 is 0 Å². The average molecular weight is 255 g/mol. The van der Waals surface area contributed by atoms with Crippen LogP contribution < -0.4 is 4.90 Å². The Bertz CT molecular complexity index is 543. The summed E-state index contributed by atoms with van der Waals surface area (Å²) in [5.41, 5.74) is 2.02. The molecule has 3 heterocycles. The topological polar surface area (TPSA) is 54.8 Å². The van der Waals surface area contributed by atoms with Crippen LogP contribution in [0.4, 0.5) is 5.82 Å². The molecule has 3 rings (SSSR count). The lowest BCUT2D eigenvalue weighted by atomic mass is 9.99. The molecule has 0 bridgehead atoms. The van der Waals surface area contributed by atoms with Crippen LogP contribution in [0.5, 0.6) is 0 Å². The van der Waals surface area contributed by atoms with Crippen molar-refractivity contribution < 1.29 is 0 Å². The second kappa shape index (κ2) is 5.30. The molecule has 1 saturated heterocycles. The third-order valence-corrected chi connectivity index (χ3v) is 3.51. The van der Waals surface area contributed by atoms with Crippen LogP contribution >= 0.6 is 0 Å². The monoisotopic (exact) mass is 255 g/mol. The van der Waals surface area contributed by atoms with Gasteiger partial charge in [-0.1, -0.05) is 0 Å². The number of hydrogen-bond donors (Lipinski definition) is 0. The molecule has 0 aliphatic carbocycles. The fourth-order valence-corrected chi connectivity index (χ4v) is 2.59. The molecule has 98 valence electrons.